The minimum Gasteiger partial charge on any atom is -0.397 e. The number of nitrogen functional groups attached to an aromatic ring is 1. The number of hydrogen-bond acceptors (Lipinski definition) is 4. The molecule has 21 heavy (non-hydrogen) atoms. The Morgan fingerprint density at radius 1 is 1.43 bits per heavy atom. The normalized spacial score (nSPS) is 10.4. The minimum atomic E-state index is -0.711. The molecule has 0 aliphatic rings. The van der Waals surface area contributed by atoms with Crippen LogP contribution in [0.2, 0.25) is 5.02 Å². The van der Waals surface area contributed by atoms with Gasteiger partial charge in [-0.15, -0.1) is 0 Å². The molecular weight excluding hydrogens is 296 g/mol. The molecule has 0 bridgehead atoms. The number of nitrogens with two attached hydrogens (primary N) is 1. The maximum atomic E-state index is 12.0. The van der Waals surface area contributed by atoms with Crippen molar-refractivity contribution in [1.82, 2.24) is 9.55 Å². The number of nitrogens with zero attached hydrogens (tertiary/aromatic N) is 1. The molecule has 0 aliphatic heterocycles. The summed E-state index contributed by atoms with van der Waals surface area (Å²) >= 11 is 5.62. The van der Waals surface area contributed by atoms with Crippen LogP contribution in [0.5, 0.6) is 0 Å². The van der Waals surface area contributed by atoms with E-state index >= 15 is 0 Å². The Morgan fingerprint density at radius 3 is 2.81 bits per heavy atom. The van der Waals surface area contributed by atoms with Crippen LogP contribution >= 0.6 is 11.6 Å². The summed E-state index contributed by atoms with van der Waals surface area (Å²) < 4.78 is 1.01. The van der Waals surface area contributed by atoms with Crippen LogP contribution in [0.15, 0.2) is 34.0 Å². The zero-order valence-electron chi connectivity index (χ0n) is 11.1. The lowest BCUT2D eigenvalue weighted by Gasteiger charge is -2.11. The molecule has 1 heterocycles. The van der Waals surface area contributed by atoms with E-state index in [4.69, 9.17) is 17.3 Å². The molecule has 0 atom stereocenters. The van der Waals surface area contributed by atoms with Crippen molar-refractivity contribution in [3.05, 3.63) is 55.8 Å². The number of carbonyl (C=O) groups is 1. The van der Waals surface area contributed by atoms with E-state index in [2.05, 4.69) is 5.32 Å². The van der Waals surface area contributed by atoms with Gasteiger partial charge in [0.2, 0.25) is 5.91 Å². The molecular formula is C13H13ClN4O3. The summed E-state index contributed by atoms with van der Waals surface area (Å²) in [6.45, 7) is 1.51. The van der Waals surface area contributed by atoms with Gasteiger partial charge in [-0.2, -0.15) is 0 Å². The number of aryl methyl sites for hydroxylation is 1. The van der Waals surface area contributed by atoms with E-state index in [0.29, 0.717) is 11.4 Å². The van der Waals surface area contributed by atoms with Gasteiger partial charge in [-0.25, -0.2) is 4.79 Å². The molecule has 2 aromatic rings. The van der Waals surface area contributed by atoms with Gasteiger partial charge in [0.05, 0.1) is 11.4 Å². The van der Waals surface area contributed by atoms with E-state index < -0.39 is 17.2 Å². The van der Waals surface area contributed by atoms with Crippen LogP contribution in [0.1, 0.15) is 5.56 Å². The Bertz CT molecular complexity index is 790. The van der Waals surface area contributed by atoms with E-state index in [0.717, 1.165) is 16.3 Å². The number of rotatable bonds is 3. The highest BCUT2D eigenvalue weighted by molar-refractivity contribution is 6.30. The summed E-state index contributed by atoms with van der Waals surface area (Å²) in [4.78, 5) is 36.7. The SMILES string of the molecule is Cc1cccc(N)c1NC(=O)Cn1cc(Cl)c(=O)[nH]c1=O. The molecule has 0 saturated carbocycles. The van der Waals surface area contributed by atoms with Crippen LogP contribution < -0.4 is 22.3 Å². The van der Waals surface area contributed by atoms with Crippen molar-refractivity contribution >= 4 is 28.9 Å². The lowest BCUT2D eigenvalue weighted by atomic mass is 10.1. The van der Waals surface area contributed by atoms with E-state index in [-0.39, 0.29) is 11.6 Å². The van der Waals surface area contributed by atoms with E-state index in [1.807, 2.05) is 4.98 Å². The Labute approximate surface area is 124 Å². The van der Waals surface area contributed by atoms with Gasteiger partial charge in [0.1, 0.15) is 11.6 Å². The molecule has 1 amide bonds. The average Bonchev–Trinajstić information content (AvgIpc) is 2.40. The molecule has 0 fully saturated rings. The molecule has 0 spiro atoms. The third-order valence-electron chi connectivity index (χ3n) is 2.85. The number of hydrogen-bond donors (Lipinski definition) is 3. The van der Waals surface area contributed by atoms with Crippen LogP contribution in [-0.4, -0.2) is 15.5 Å². The number of H-pyrrole nitrogens is 1. The molecule has 1 aromatic heterocycles. The topological polar surface area (TPSA) is 110 Å². The average molecular weight is 309 g/mol. The first-order valence-electron chi connectivity index (χ1n) is 6.02. The number of benzene rings is 1. The number of aromatic nitrogens is 2. The summed E-state index contributed by atoms with van der Waals surface area (Å²) in [6.07, 6.45) is 1.11. The Kier molecular flexibility index (Phi) is 4.13. The first-order valence-corrected chi connectivity index (χ1v) is 6.40. The molecule has 0 aliphatic carbocycles. The van der Waals surface area contributed by atoms with E-state index in [1.54, 1.807) is 25.1 Å². The van der Waals surface area contributed by atoms with Gasteiger partial charge in [0.15, 0.2) is 0 Å². The summed E-state index contributed by atoms with van der Waals surface area (Å²) in [5.74, 6) is -0.457. The number of carbonyl (C=O) groups excluding carboxylic acids is 1. The number of halogens is 1. The van der Waals surface area contributed by atoms with Crippen molar-refractivity contribution in [3.8, 4) is 0 Å². The van der Waals surface area contributed by atoms with Gasteiger partial charge in [-0.05, 0) is 18.6 Å². The lowest BCUT2D eigenvalue weighted by Crippen LogP contribution is -2.33. The molecule has 110 valence electrons. The van der Waals surface area contributed by atoms with Crippen LogP contribution in [0.25, 0.3) is 0 Å². The van der Waals surface area contributed by atoms with Crippen LogP contribution in [0.4, 0.5) is 11.4 Å². The lowest BCUT2D eigenvalue weighted by molar-refractivity contribution is -0.116. The van der Waals surface area contributed by atoms with Crippen LogP contribution in [0, 0.1) is 6.92 Å². The predicted molar refractivity (Wildman–Crippen MR) is 80.6 cm³/mol. The second-order valence-electron chi connectivity index (χ2n) is 4.45. The smallest absolute Gasteiger partial charge is 0.328 e. The molecule has 8 heteroatoms. The van der Waals surface area contributed by atoms with Crippen LogP contribution in [-0.2, 0) is 11.3 Å². The largest absolute Gasteiger partial charge is 0.397 e. The quantitative estimate of drug-likeness (QED) is 0.726. The fourth-order valence-electron chi connectivity index (χ4n) is 1.80. The second-order valence-corrected chi connectivity index (χ2v) is 4.86. The fourth-order valence-corrected chi connectivity index (χ4v) is 1.96. The summed E-state index contributed by atoms with van der Waals surface area (Å²) in [5, 5.41) is 2.46. The summed E-state index contributed by atoms with van der Waals surface area (Å²) in [7, 11) is 0. The highest BCUT2D eigenvalue weighted by atomic mass is 35.5. The monoisotopic (exact) mass is 308 g/mol. The summed E-state index contributed by atoms with van der Waals surface area (Å²) in [5.41, 5.74) is 6.10. The highest BCUT2D eigenvalue weighted by Crippen LogP contribution is 2.22. The highest BCUT2D eigenvalue weighted by Gasteiger charge is 2.10. The second kappa shape index (κ2) is 5.84. The first-order chi connectivity index (χ1) is 9.88. The molecule has 0 radical (unpaired) electrons. The van der Waals surface area contributed by atoms with Crippen LogP contribution in [0.3, 0.4) is 0 Å². The third-order valence-corrected chi connectivity index (χ3v) is 3.12. The molecule has 0 saturated heterocycles. The number of nitrogens with one attached hydrogen (secondary N) is 2. The maximum absolute atomic E-state index is 12.0. The van der Waals surface area contributed by atoms with Gasteiger partial charge in [-0.1, -0.05) is 23.7 Å². The maximum Gasteiger partial charge on any atom is 0.328 e. The van der Waals surface area contributed by atoms with Gasteiger partial charge in [0.25, 0.3) is 5.56 Å². The first kappa shape index (κ1) is 14.9. The van der Waals surface area contributed by atoms with Gasteiger partial charge in [0, 0.05) is 6.20 Å². The van der Waals surface area contributed by atoms with E-state index in [9.17, 15) is 14.4 Å². The Balaban J connectivity index is 2.22. The van der Waals surface area contributed by atoms with Crippen molar-refractivity contribution in [3.63, 3.8) is 0 Å². The van der Waals surface area contributed by atoms with Crippen molar-refractivity contribution in [2.45, 2.75) is 13.5 Å². The van der Waals surface area contributed by atoms with Gasteiger partial charge in [-0.3, -0.25) is 19.1 Å². The molecule has 7 nitrogen and oxygen atoms in total. The van der Waals surface area contributed by atoms with Gasteiger partial charge >= 0.3 is 5.69 Å². The van der Waals surface area contributed by atoms with Gasteiger partial charge < -0.3 is 11.1 Å². The number of para-hydroxylation sites is 1. The minimum absolute atomic E-state index is 0.169. The zero-order valence-corrected chi connectivity index (χ0v) is 11.9. The molecule has 4 N–H and O–H groups in total. The van der Waals surface area contributed by atoms with Crippen molar-refractivity contribution < 1.29 is 4.79 Å². The third kappa shape index (κ3) is 3.32. The molecule has 2 rings (SSSR count). The predicted octanol–water partition coefficient (Wildman–Crippen LogP) is 0.719. The summed E-state index contributed by atoms with van der Waals surface area (Å²) in [6, 6.07) is 5.23. The molecule has 0 unspecified atom stereocenters. The molecule has 1 aromatic carbocycles. The number of anilines is 2. The standard InChI is InChI=1S/C13H13ClN4O3/c1-7-3-2-4-9(15)11(7)16-10(19)6-18-5-8(14)12(20)17-13(18)21/h2-5H,6,15H2,1H3,(H,16,19)(H,17,20,21). The number of aromatic amines is 1. The Hall–Kier alpha value is -2.54. The van der Waals surface area contributed by atoms with Crippen molar-refractivity contribution in [2.24, 2.45) is 0 Å². The van der Waals surface area contributed by atoms with Crippen molar-refractivity contribution in [1.29, 1.82) is 0 Å². The number of amides is 1. The zero-order chi connectivity index (χ0) is 15.6. The van der Waals surface area contributed by atoms with Crippen molar-refractivity contribution in [2.75, 3.05) is 11.1 Å². The fraction of sp³-hybridized carbons (Fsp3) is 0.154. The Morgan fingerprint density at radius 2 is 2.14 bits per heavy atom. The van der Waals surface area contributed by atoms with E-state index in [1.165, 1.54) is 0 Å².